The molecule has 2 amide bonds. The van der Waals surface area contributed by atoms with Crippen molar-refractivity contribution in [1.82, 2.24) is 9.80 Å². The number of likely N-dealkylation sites (N-methyl/N-ethyl adjacent to an activating group) is 1. The number of hydrogen-bond acceptors (Lipinski definition) is 5. The zero-order valence-corrected chi connectivity index (χ0v) is 15.9. The summed E-state index contributed by atoms with van der Waals surface area (Å²) in [5, 5.41) is 5.67. The van der Waals surface area contributed by atoms with Gasteiger partial charge in [0.05, 0.1) is 5.69 Å². The van der Waals surface area contributed by atoms with E-state index in [2.05, 4.69) is 33.5 Å². The van der Waals surface area contributed by atoms with Crippen molar-refractivity contribution in [2.24, 2.45) is 0 Å². The molecule has 7 nitrogen and oxygen atoms in total. The molecule has 2 aromatic rings. The van der Waals surface area contributed by atoms with Crippen LogP contribution in [0.15, 0.2) is 42.5 Å². The Labute approximate surface area is 164 Å². The van der Waals surface area contributed by atoms with Crippen LogP contribution in [0.3, 0.4) is 0 Å². The van der Waals surface area contributed by atoms with E-state index in [1.807, 2.05) is 18.2 Å². The van der Waals surface area contributed by atoms with Crippen LogP contribution in [0.4, 0.5) is 11.4 Å². The third kappa shape index (κ3) is 4.32. The van der Waals surface area contributed by atoms with Gasteiger partial charge in [0.15, 0.2) is 6.61 Å². The first-order valence-corrected chi connectivity index (χ1v) is 9.45. The number of benzene rings is 2. The van der Waals surface area contributed by atoms with Crippen molar-refractivity contribution >= 4 is 23.2 Å². The molecule has 2 N–H and O–H groups in total. The van der Waals surface area contributed by atoms with Crippen molar-refractivity contribution in [1.29, 1.82) is 0 Å². The summed E-state index contributed by atoms with van der Waals surface area (Å²) in [5.41, 5.74) is 2.92. The van der Waals surface area contributed by atoms with Crippen LogP contribution in [0.1, 0.15) is 15.9 Å². The van der Waals surface area contributed by atoms with Crippen LogP contribution in [0, 0.1) is 0 Å². The lowest BCUT2D eigenvalue weighted by molar-refractivity contribution is -0.118. The average Bonchev–Trinajstić information content (AvgIpc) is 2.69. The molecule has 146 valence electrons. The molecule has 0 aliphatic carbocycles. The van der Waals surface area contributed by atoms with Gasteiger partial charge in [0.1, 0.15) is 5.75 Å². The first-order chi connectivity index (χ1) is 13.6. The molecule has 2 aliphatic rings. The number of rotatable bonds is 4. The van der Waals surface area contributed by atoms with Crippen molar-refractivity contribution in [3.8, 4) is 5.75 Å². The lowest BCUT2D eigenvalue weighted by Gasteiger charge is -2.32. The lowest BCUT2D eigenvalue weighted by Crippen LogP contribution is -2.43. The van der Waals surface area contributed by atoms with Gasteiger partial charge in [0, 0.05) is 44.0 Å². The predicted octanol–water partition coefficient (Wildman–Crippen LogP) is 2.02. The van der Waals surface area contributed by atoms with Gasteiger partial charge in [0.2, 0.25) is 0 Å². The maximum atomic E-state index is 12.6. The molecule has 4 rings (SSSR count). The molecule has 2 aliphatic heterocycles. The van der Waals surface area contributed by atoms with E-state index in [1.54, 1.807) is 18.2 Å². The highest BCUT2D eigenvalue weighted by Gasteiger charge is 2.18. The second kappa shape index (κ2) is 8.00. The van der Waals surface area contributed by atoms with Crippen molar-refractivity contribution in [2.75, 3.05) is 50.5 Å². The molecule has 1 saturated heterocycles. The van der Waals surface area contributed by atoms with E-state index in [4.69, 9.17) is 4.74 Å². The topological polar surface area (TPSA) is 73.9 Å². The number of nitrogens with zero attached hydrogens (tertiary/aromatic N) is 2. The summed E-state index contributed by atoms with van der Waals surface area (Å²) in [6.07, 6.45) is 0. The molecule has 28 heavy (non-hydrogen) atoms. The summed E-state index contributed by atoms with van der Waals surface area (Å²) in [5.74, 6) is 0.131. The number of fused-ring (bicyclic) bond motifs is 1. The highest BCUT2D eigenvalue weighted by molar-refractivity contribution is 6.06. The summed E-state index contributed by atoms with van der Waals surface area (Å²) < 4.78 is 5.33. The molecule has 0 aromatic heterocycles. The van der Waals surface area contributed by atoms with Crippen LogP contribution >= 0.6 is 0 Å². The van der Waals surface area contributed by atoms with Gasteiger partial charge in [0.25, 0.3) is 11.8 Å². The summed E-state index contributed by atoms with van der Waals surface area (Å²) in [7, 11) is 2.14. The largest absolute Gasteiger partial charge is 0.482 e. The highest BCUT2D eigenvalue weighted by atomic mass is 16.5. The number of carbonyl (C=O) groups is 2. The quantitative estimate of drug-likeness (QED) is 0.849. The van der Waals surface area contributed by atoms with Gasteiger partial charge >= 0.3 is 0 Å². The highest BCUT2D eigenvalue weighted by Crippen LogP contribution is 2.28. The van der Waals surface area contributed by atoms with E-state index in [0.29, 0.717) is 17.0 Å². The fourth-order valence-corrected chi connectivity index (χ4v) is 3.44. The minimum absolute atomic E-state index is 0.00135. The summed E-state index contributed by atoms with van der Waals surface area (Å²) in [6.45, 7) is 5.13. The van der Waals surface area contributed by atoms with E-state index in [0.717, 1.165) is 38.4 Å². The van der Waals surface area contributed by atoms with Crippen LogP contribution in [0.5, 0.6) is 5.75 Å². The first-order valence-electron chi connectivity index (χ1n) is 9.45. The molecule has 1 fully saturated rings. The zero-order valence-electron chi connectivity index (χ0n) is 15.9. The molecule has 2 aromatic carbocycles. The monoisotopic (exact) mass is 380 g/mol. The summed E-state index contributed by atoms with van der Waals surface area (Å²) in [6, 6.07) is 13.0. The van der Waals surface area contributed by atoms with E-state index in [1.165, 1.54) is 5.56 Å². The number of carbonyl (C=O) groups excluding carboxylic acids is 2. The van der Waals surface area contributed by atoms with Gasteiger partial charge in [-0.05, 0) is 42.9 Å². The fraction of sp³-hybridized carbons (Fsp3) is 0.333. The fourth-order valence-electron chi connectivity index (χ4n) is 3.44. The van der Waals surface area contributed by atoms with Crippen molar-refractivity contribution in [3.63, 3.8) is 0 Å². The Morgan fingerprint density at radius 3 is 2.79 bits per heavy atom. The third-order valence-corrected chi connectivity index (χ3v) is 5.06. The maximum Gasteiger partial charge on any atom is 0.262 e. The van der Waals surface area contributed by atoms with E-state index in [9.17, 15) is 9.59 Å². The first kappa shape index (κ1) is 18.5. The maximum absolute atomic E-state index is 12.6. The van der Waals surface area contributed by atoms with Crippen LogP contribution < -0.4 is 15.4 Å². The van der Waals surface area contributed by atoms with Gasteiger partial charge in [-0.15, -0.1) is 0 Å². The molecule has 7 heteroatoms. The number of hydrogen-bond donors (Lipinski definition) is 2. The molecule has 0 spiro atoms. The minimum atomic E-state index is -0.223. The van der Waals surface area contributed by atoms with Crippen LogP contribution in [0.2, 0.25) is 0 Å². The minimum Gasteiger partial charge on any atom is -0.482 e. The third-order valence-electron chi connectivity index (χ3n) is 5.06. The van der Waals surface area contributed by atoms with Gasteiger partial charge < -0.3 is 20.3 Å². The molecular weight excluding hydrogens is 356 g/mol. The molecule has 0 radical (unpaired) electrons. The Morgan fingerprint density at radius 1 is 1.14 bits per heavy atom. The van der Waals surface area contributed by atoms with Crippen molar-refractivity contribution in [3.05, 3.63) is 53.6 Å². The van der Waals surface area contributed by atoms with Gasteiger partial charge in [-0.2, -0.15) is 0 Å². The van der Waals surface area contributed by atoms with Crippen LogP contribution in [-0.2, 0) is 11.3 Å². The van der Waals surface area contributed by atoms with Gasteiger partial charge in [-0.3, -0.25) is 14.5 Å². The normalized spacial score (nSPS) is 17.4. The van der Waals surface area contributed by atoms with E-state index >= 15 is 0 Å². The molecule has 2 heterocycles. The molecule has 0 saturated carbocycles. The molecule has 0 atom stereocenters. The summed E-state index contributed by atoms with van der Waals surface area (Å²) in [4.78, 5) is 28.9. The van der Waals surface area contributed by atoms with E-state index in [-0.39, 0.29) is 18.4 Å². The van der Waals surface area contributed by atoms with Gasteiger partial charge in [-0.1, -0.05) is 12.1 Å². The Hall–Kier alpha value is -2.90. The van der Waals surface area contributed by atoms with Crippen LogP contribution in [-0.4, -0.2) is 61.4 Å². The standard InChI is InChI=1S/C21H24N4O3/c1-24-7-9-25(10-8-24)13-15-3-2-4-17(11-15)22-21(27)16-5-6-19-18(12-16)23-20(26)14-28-19/h2-6,11-12H,7-10,13-14H2,1H3,(H,22,27)(H,23,26). The summed E-state index contributed by atoms with van der Waals surface area (Å²) >= 11 is 0. The zero-order chi connectivity index (χ0) is 19.5. The Bertz CT molecular complexity index is 891. The second-order valence-corrected chi connectivity index (χ2v) is 7.28. The number of amides is 2. The van der Waals surface area contributed by atoms with E-state index < -0.39 is 0 Å². The van der Waals surface area contributed by atoms with Crippen LogP contribution in [0.25, 0.3) is 0 Å². The molecule has 0 unspecified atom stereocenters. The van der Waals surface area contributed by atoms with Crippen molar-refractivity contribution < 1.29 is 14.3 Å². The number of piperazine rings is 1. The SMILES string of the molecule is CN1CCN(Cc2cccc(NC(=O)c3ccc4c(c3)NC(=O)CO4)c2)CC1. The van der Waals surface area contributed by atoms with Crippen molar-refractivity contribution in [2.45, 2.75) is 6.54 Å². The van der Waals surface area contributed by atoms with Gasteiger partial charge in [-0.25, -0.2) is 0 Å². The average molecular weight is 380 g/mol. The number of ether oxygens (including phenoxy) is 1. The Balaban J connectivity index is 1.42. The molecular formula is C21H24N4O3. The number of anilines is 2. The molecule has 0 bridgehead atoms. The second-order valence-electron chi connectivity index (χ2n) is 7.28. The Kier molecular flexibility index (Phi) is 5.27. The number of nitrogens with one attached hydrogen (secondary N) is 2. The lowest BCUT2D eigenvalue weighted by atomic mass is 10.1. The smallest absolute Gasteiger partial charge is 0.262 e. The Morgan fingerprint density at radius 2 is 1.96 bits per heavy atom. The predicted molar refractivity (Wildman–Crippen MR) is 108 cm³/mol.